The molecule has 2 rings (SSSR count). The highest BCUT2D eigenvalue weighted by Crippen LogP contribution is 2.24. The number of benzene rings is 1. The molecule has 2 atom stereocenters. The normalized spacial score (nSPS) is 26.1. The third kappa shape index (κ3) is 3.33. The molecule has 0 unspecified atom stereocenters. The van der Waals surface area contributed by atoms with Crippen LogP contribution in [0, 0.1) is 11.8 Å². The number of piperidine rings is 1. The van der Waals surface area contributed by atoms with Crippen molar-refractivity contribution in [2.24, 2.45) is 11.8 Å². The van der Waals surface area contributed by atoms with Crippen molar-refractivity contribution in [3.63, 3.8) is 0 Å². The Kier molecular flexibility index (Phi) is 4.07. The van der Waals surface area contributed by atoms with E-state index in [1.54, 1.807) is 4.31 Å². The predicted octanol–water partition coefficient (Wildman–Crippen LogP) is 2.49. The maximum absolute atomic E-state index is 12.4. The molecule has 1 aliphatic rings. The Hall–Kier alpha value is -0.870. The predicted molar refractivity (Wildman–Crippen MR) is 73.6 cm³/mol. The van der Waals surface area contributed by atoms with E-state index in [1.165, 1.54) is 0 Å². The van der Waals surface area contributed by atoms with Crippen LogP contribution in [0.2, 0.25) is 0 Å². The highest BCUT2D eigenvalue weighted by Gasteiger charge is 2.30. The van der Waals surface area contributed by atoms with E-state index in [0.29, 0.717) is 24.9 Å². The Morgan fingerprint density at radius 3 is 2.22 bits per heavy atom. The SMILES string of the molecule is C[C@@H]1C[C@@H](C)CN(S(=O)(=O)Cc2ccccc2)C1. The van der Waals surface area contributed by atoms with E-state index in [2.05, 4.69) is 13.8 Å². The molecule has 1 aromatic carbocycles. The lowest BCUT2D eigenvalue weighted by Crippen LogP contribution is -2.43. The van der Waals surface area contributed by atoms with E-state index in [0.717, 1.165) is 12.0 Å². The van der Waals surface area contributed by atoms with E-state index in [4.69, 9.17) is 0 Å². The fraction of sp³-hybridized carbons (Fsp3) is 0.571. The second-order valence-electron chi connectivity index (χ2n) is 5.50. The first-order valence-corrected chi connectivity index (χ1v) is 8.10. The molecule has 1 fully saturated rings. The molecule has 0 aliphatic carbocycles. The molecule has 1 aromatic rings. The number of rotatable bonds is 3. The van der Waals surface area contributed by atoms with Crippen LogP contribution in [0.5, 0.6) is 0 Å². The number of hydrogen-bond acceptors (Lipinski definition) is 2. The van der Waals surface area contributed by atoms with Gasteiger partial charge in [0, 0.05) is 13.1 Å². The van der Waals surface area contributed by atoms with Crippen LogP contribution in [-0.4, -0.2) is 25.8 Å². The largest absolute Gasteiger partial charge is 0.218 e. The summed E-state index contributed by atoms with van der Waals surface area (Å²) >= 11 is 0. The molecule has 0 aromatic heterocycles. The number of sulfonamides is 1. The quantitative estimate of drug-likeness (QED) is 0.844. The third-order valence-corrected chi connectivity index (χ3v) is 5.20. The molecule has 0 saturated carbocycles. The smallest absolute Gasteiger partial charge is 0.212 e. The molecule has 0 spiro atoms. The molecular formula is C14H21NO2S. The zero-order chi connectivity index (χ0) is 13.2. The van der Waals surface area contributed by atoms with E-state index in [1.807, 2.05) is 30.3 Å². The van der Waals surface area contributed by atoms with Gasteiger partial charge in [0.2, 0.25) is 10.0 Å². The van der Waals surface area contributed by atoms with Gasteiger partial charge >= 0.3 is 0 Å². The van der Waals surface area contributed by atoms with Crippen molar-refractivity contribution >= 4 is 10.0 Å². The lowest BCUT2D eigenvalue weighted by atomic mass is 9.94. The zero-order valence-corrected chi connectivity index (χ0v) is 11.9. The van der Waals surface area contributed by atoms with Gasteiger partial charge in [-0.05, 0) is 23.8 Å². The second kappa shape index (κ2) is 5.41. The highest BCUT2D eigenvalue weighted by molar-refractivity contribution is 7.88. The van der Waals surface area contributed by atoms with E-state index in [9.17, 15) is 8.42 Å². The number of nitrogens with zero attached hydrogens (tertiary/aromatic N) is 1. The van der Waals surface area contributed by atoms with Crippen LogP contribution >= 0.6 is 0 Å². The monoisotopic (exact) mass is 267 g/mol. The summed E-state index contributed by atoms with van der Waals surface area (Å²) in [7, 11) is -3.17. The highest BCUT2D eigenvalue weighted by atomic mass is 32.2. The van der Waals surface area contributed by atoms with Crippen molar-refractivity contribution in [1.29, 1.82) is 0 Å². The Balaban J connectivity index is 2.11. The van der Waals surface area contributed by atoms with Crippen molar-refractivity contribution in [2.75, 3.05) is 13.1 Å². The molecule has 1 heterocycles. The summed E-state index contributed by atoms with van der Waals surface area (Å²) in [6, 6.07) is 9.41. The average Bonchev–Trinajstić information content (AvgIpc) is 2.28. The molecular weight excluding hydrogens is 246 g/mol. The van der Waals surface area contributed by atoms with Crippen LogP contribution in [0.3, 0.4) is 0 Å². The van der Waals surface area contributed by atoms with E-state index >= 15 is 0 Å². The third-order valence-electron chi connectivity index (χ3n) is 3.42. The molecule has 18 heavy (non-hydrogen) atoms. The van der Waals surface area contributed by atoms with Gasteiger partial charge in [-0.15, -0.1) is 0 Å². The van der Waals surface area contributed by atoms with Crippen molar-refractivity contribution in [2.45, 2.75) is 26.0 Å². The summed E-state index contributed by atoms with van der Waals surface area (Å²) in [5, 5.41) is 0. The first-order chi connectivity index (χ1) is 8.47. The molecule has 3 nitrogen and oxygen atoms in total. The molecule has 0 radical (unpaired) electrons. The minimum absolute atomic E-state index is 0.118. The molecule has 0 bridgehead atoms. The maximum atomic E-state index is 12.4. The van der Waals surface area contributed by atoms with E-state index < -0.39 is 10.0 Å². The van der Waals surface area contributed by atoms with Crippen LogP contribution < -0.4 is 0 Å². The van der Waals surface area contributed by atoms with Gasteiger partial charge in [-0.25, -0.2) is 12.7 Å². The Morgan fingerprint density at radius 2 is 1.67 bits per heavy atom. The average molecular weight is 267 g/mol. The van der Waals surface area contributed by atoms with Gasteiger partial charge in [-0.1, -0.05) is 44.2 Å². The summed E-state index contributed by atoms with van der Waals surface area (Å²) in [6.45, 7) is 5.58. The summed E-state index contributed by atoms with van der Waals surface area (Å²) in [5.41, 5.74) is 0.864. The van der Waals surface area contributed by atoms with E-state index in [-0.39, 0.29) is 5.75 Å². The van der Waals surface area contributed by atoms with Crippen LogP contribution in [0.1, 0.15) is 25.8 Å². The first-order valence-electron chi connectivity index (χ1n) is 6.49. The lowest BCUT2D eigenvalue weighted by Gasteiger charge is -2.34. The lowest BCUT2D eigenvalue weighted by molar-refractivity contribution is 0.222. The Morgan fingerprint density at radius 1 is 1.11 bits per heavy atom. The molecule has 4 heteroatoms. The maximum Gasteiger partial charge on any atom is 0.218 e. The van der Waals surface area contributed by atoms with Gasteiger partial charge in [0.15, 0.2) is 0 Å². The van der Waals surface area contributed by atoms with Crippen LogP contribution in [0.15, 0.2) is 30.3 Å². The van der Waals surface area contributed by atoms with Crippen molar-refractivity contribution < 1.29 is 8.42 Å². The fourth-order valence-electron chi connectivity index (χ4n) is 2.71. The topological polar surface area (TPSA) is 37.4 Å². The molecule has 1 saturated heterocycles. The van der Waals surface area contributed by atoms with Crippen LogP contribution in [0.25, 0.3) is 0 Å². The van der Waals surface area contributed by atoms with Gasteiger partial charge in [-0.3, -0.25) is 0 Å². The second-order valence-corrected chi connectivity index (χ2v) is 7.47. The number of hydrogen-bond donors (Lipinski definition) is 0. The molecule has 0 amide bonds. The fourth-order valence-corrected chi connectivity index (χ4v) is 4.47. The standard InChI is InChI=1S/C14H21NO2S/c1-12-8-13(2)10-15(9-12)18(16,17)11-14-6-4-3-5-7-14/h3-7,12-13H,8-11H2,1-2H3/t12-,13-/m1/s1. The van der Waals surface area contributed by atoms with Crippen LogP contribution in [-0.2, 0) is 15.8 Å². The zero-order valence-electron chi connectivity index (χ0n) is 11.0. The summed E-state index contributed by atoms with van der Waals surface area (Å²) in [5.74, 6) is 1.03. The van der Waals surface area contributed by atoms with Gasteiger partial charge in [0.25, 0.3) is 0 Å². The Bertz CT molecular complexity index is 474. The van der Waals surface area contributed by atoms with Crippen LogP contribution in [0.4, 0.5) is 0 Å². The van der Waals surface area contributed by atoms with Gasteiger partial charge in [0.05, 0.1) is 5.75 Å². The summed E-state index contributed by atoms with van der Waals surface area (Å²) in [6.07, 6.45) is 1.12. The first kappa shape index (κ1) is 13.6. The van der Waals surface area contributed by atoms with Gasteiger partial charge in [0.1, 0.15) is 0 Å². The summed E-state index contributed by atoms with van der Waals surface area (Å²) < 4.78 is 26.4. The summed E-state index contributed by atoms with van der Waals surface area (Å²) in [4.78, 5) is 0. The van der Waals surface area contributed by atoms with Crippen molar-refractivity contribution in [3.8, 4) is 0 Å². The minimum Gasteiger partial charge on any atom is -0.212 e. The molecule has 0 N–H and O–H groups in total. The van der Waals surface area contributed by atoms with Crippen molar-refractivity contribution in [3.05, 3.63) is 35.9 Å². The minimum atomic E-state index is -3.17. The molecule has 100 valence electrons. The molecule has 1 aliphatic heterocycles. The van der Waals surface area contributed by atoms with Gasteiger partial charge in [-0.2, -0.15) is 0 Å². The Labute approximate surface area is 110 Å². The van der Waals surface area contributed by atoms with Gasteiger partial charge < -0.3 is 0 Å². The van der Waals surface area contributed by atoms with Crippen molar-refractivity contribution in [1.82, 2.24) is 4.31 Å².